The summed E-state index contributed by atoms with van der Waals surface area (Å²) in [6.07, 6.45) is 0.531. The van der Waals surface area contributed by atoms with Crippen molar-refractivity contribution in [3.8, 4) is 5.75 Å². The van der Waals surface area contributed by atoms with Crippen LogP contribution >= 0.6 is 27.5 Å². The second kappa shape index (κ2) is 5.91. The molecule has 0 fully saturated rings. The third kappa shape index (κ3) is 3.37. The van der Waals surface area contributed by atoms with Gasteiger partial charge in [-0.05, 0) is 41.4 Å². The number of methoxy groups -OCH3 is 1. The Balaban J connectivity index is 3.08. The second-order valence-electron chi connectivity index (χ2n) is 4.19. The lowest BCUT2D eigenvalue weighted by molar-refractivity contribution is -0.120. The molecule has 0 aromatic heterocycles. The molecule has 100 valence electrons. The number of hydrogen-bond acceptors (Lipinski definition) is 3. The van der Waals surface area contributed by atoms with Crippen LogP contribution in [0.15, 0.2) is 16.6 Å². The minimum absolute atomic E-state index is 0.280. The summed E-state index contributed by atoms with van der Waals surface area (Å²) in [5.74, 6) is 0.233. The summed E-state index contributed by atoms with van der Waals surface area (Å²) in [6.45, 7) is 3.53. The summed E-state index contributed by atoms with van der Waals surface area (Å²) in [6, 6.07) is 3.31. The number of carbonyl (C=O) groups is 1. The van der Waals surface area contributed by atoms with Crippen LogP contribution in [-0.2, 0) is 4.79 Å². The molecule has 0 saturated heterocycles. The van der Waals surface area contributed by atoms with E-state index in [1.54, 1.807) is 19.1 Å². The van der Waals surface area contributed by atoms with Crippen LogP contribution < -0.4 is 15.8 Å². The van der Waals surface area contributed by atoms with Gasteiger partial charge in [0.05, 0.1) is 22.8 Å². The number of anilines is 1. The van der Waals surface area contributed by atoms with Crippen molar-refractivity contribution < 1.29 is 9.53 Å². The summed E-state index contributed by atoms with van der Waals surface area (Å²) in [5.41, 5.74) is 5.44. The molecule has 1 unspecified atom stereocenters. The largest absolute Gasteiger partial charge is 0.493 e. The van der Waals surface area contributed by atoms with Crippen LogP contribution in [0.5, 0.6) is 5.75 Å². The van der Waals surface area contributed by atoms with Gasteiger partial charge in [0.15, 0.2) is 5.75 Å². The number of carbonyl (C=O) groups excluding carboxylic acids is 1. The van der Waals surface area contributed by atoms with Gasteiger partial charge in [-0.15, -0.1) is 0 Å². The highest BCUT2D eigenvalue weighted by molar-refractivity contribution is 9.10. The summed E-state index contributed by atoms with van der Waals surface area (Å²) in [7, 11) is 1.52. The van der Waals surface area contributed by atoms with Crippen molar-refractivity contribution in [1.29, 1.82) is 0 Å². The number of nitrogens with one attached hydrogen (secondary N) is 1. The van der Waals surface area contributed by atoms with Crippen molar-refractivity contribution >= 4 is 39.1 Å². The molecule has 4 nitrogen and oxygen atoms in total. The zero-order chi connectivity index (χ0) is 13.9. The van der Waals surface area contributed by atoms with E-state index >= 15 is 0 Å². The van der Waals surface area contributed by atoms with Gasteiger partial charge in [0, 0.05) is 5.02 Å². The van der Waals surface area contributed by atoms with E-state index in [4.69, 9.17) is 22.1 Å². The molecule has 1 atom stereocenters. The molecule has 0 spiro atoms. The van der Waals surface area contributed by atoms with Gasteiger partial charge in [0.25, 0.3) is 0 Å². The van der Waals surface area contributed by atoms with E-state index in [1.165, 1.54) is 7.11 Å². The SMILES string of the molecule is CCC(C)(N)C(=O)Nc1cc(Cl)cc(Br)c1OC. The summed E-state index contributed by atoms with van der Waals surface area (Å²) in [5, 5.41) is 3.22. The minimum Gasteiger partial charge on any atom is -0.493 e. The smallest absolute Gasteiger partial charge is 0.244 e. The fourth-order valence-electron chi connectivity index (χ4n) is 1.29. The highest BCUT2D eigenvalue weighted by atomic mass is 79.9. The second-order valence-corrected chi connectivity index (χ2v) is 5.48. The number of amides is 1. The zero-order valence-electron chi connectivity index (χ0n) is 10.5. The lowest BCUT2D eigenvalue weighted by Crippen LogP contribution is -2.47. The first-order chi connectivity index (χ1) is 8.31. The maximum atomic E-state index is 12.0. The van der Waals surface area contributed by atoms with Crippen LogP contribution in [0.4, 0.5) is 5.69 Å². The molecule has 0 aliphatic carbocycles. The number of ether oxygens (including phenoxy) is 1. The average Bonchev–Trinajstić information content (AvgIpc) is 2.28. The molecule has 0 heterocycles. The zero-order valence-corrected chi connectivity index (χ0v) is 12.9. The van der Waals surface area contributed by atoms with E-state index in [2.05, 4.69) is 21.2 Å². The van der Waals surface area contributed by atoms with E-state index in [9.17, 15) is 4.79 Å². The van der Waals surface area contributed by atoms with Crippen LogP contribution in [0.2, 0.25) is 5.02 Å². The van der Waals surface area contributed by atoms with Gasteiger partial charge >= 0.3 is 0 Å². The van der Waals surface area contributed by atoms with E-state index in [0.717, 1.165) is 0 Å². The summed E-state index contributed by atoms with van der Waals surface area (Å²) < 4.78 is 5.89. The van der Waals surface area contributed by atoms with Crippen LogP contribution in [0.3, 0.4) is 0 Å². The predicted molar refractivity (Wildman–Crippen MR) is 77.2 cm³/mol. The van der Waals surface area contributed by atoms with Crippen LogP contribution in [-0.4, -0.2) is 18.6 Å². The number of benzene rings is 1. The molecule has 1 aromatic rings. The molecular weight excluding hydrogens is 320 g/mol. The molecule has 18 heavy (non-hydrogen) atoms. The maximum Gasteiger partial charge on any atom is 0.244 e. The number of rotatable bonds is 4. The maximum absolute atomic E-state index is 12.0. The Morgan fingerprint density at radius 1 is 1.61 bits per heavy atom. The van der Waals surface area contributed by atoms with Gasteiger partial charge in [-0.1, -0.05) is 18.5 Å². The van der Waals surface area contributed by atoms with Gasteiger partial charge in [-0.2, -0.15) is 0 Å². The minimum atomic E-state index is -0.931. The van der Waals surface area contributed by atoms with Crippen molar-refractivity contribution in [3.63, 3.8) is 0 Å². The van der Waals surface area contributed by atoms with E-state index in [1.807, 2.05) is 6.92 Å². The first-order valence-corrected chi connectivity index (χ1v) is 6.62. The molecule has 0 aliphatic heterocycles. The number of nitrogens with two attached hydrogens (primary N) is 1. The first-order valence-electron chi connectivity index (χ1n) is 5.45. The highest BCUT2D eigenvalue weighted by Gasteiger charge is 2.27. The summed E-state index contributed by atoms with van der Waals surface area (Å²) in [4.78, 5) is 12.0. The fourth-order valence-corrected chi connectivity index (χ4v) is 2.26. The van der Waals surface area contributed by atoms with E-state index in [0.29, 0.717) is 27.4 Å². The van der Waals surface area contributed by atoms with Crippen molar-refractivity contribution in [2.45, 2.75) is 25.8 Å². The Kier molecular flexibility index (Phi) is 5.01. The van der Waals surface area contributed by atoms with Crippen LogP contribution in [0.1, 0.15) is 20.3 Å². The highest BCUT2D eigenvalue weighted by Crippen LogP contribution is 2.36. The van der Waals surface area contributed by atoms with Crippen molar-refractivity contribution in [3.05, 3.63) is 21.6 Å². The normalized spacial score (nSPS) is 13.9. The third-order valence-electron chi connectivity index (χ3n) is 2.71. The summed E-state index contributed by atoms with van der Waals surface area (Å²) >= 11 is 9.27. The standard InChI is InChI=1S/C12H16BrClN2O2/c1-4-12(2,15)11(17)16-9-6-7(14)5-8(13)10(9)18-3/h5-6H,4,15H2,1-3H3,(H,16,17). The average molecular weight is 336 g/mol. The van der Waals surface area contributed by atoms with Gasteiger partial charge in [0.1, 0.15) is 0 Å². The Labute approximate surface area is 120 Å². The van der Waals surface area contributed by atoms with Gasteiger partial charge in [0.2, 0.25) is 5.91 Å². The lowest BCUT2D eigenvalue weighted by atomic mass is 9.99. The van der Waals surface area contributed by atoms with Crippen LogP contribution in [0.25, 0.3) is 0 Å². The Hall–Kier alpha value is -0.780. The molecule has 0 radical (unpaired) electrons. The van der Waals surface area contributed by atoms with Gasteiger partial charge in [-0.3, -0.25) is 4.79 Å². The molecule has 0 aliphatic rings. The van der Waals surface area contributed by atoms with Crippen molar-refractivity contribution in [1.82, 2.24) is 0 Å². The Bertz CT molecular complexity index is 464. The molecule has 6 heteroatoms. The van der Waals surface area contributed by atoms with Gasteiger partial charge in [-0.25, -0.2) is 0 Å². The van der Waals surface area contributed by atoms with Crippen molar-refractivity contribution in [2.75, 3.05) is 12.4 Å². The molecule has 0 saturated carbocycles. The molecule has 1 rings (SSSR count). The molecule has 3 N–H and O–H groups in total. The van der Waals surface area contributed by atoms with Crippen LogP contribution in [0, 0.1) is 0 Å². The number of hydrogen-bond donors (Lipinski definition) is 2. The van der Waals surface area contributed by atoms with E-state index in [-0.39, 0.29) is 5.91 Å². The lowest BCUT2D eigenvalue weighted by Gasteiger charge is -2.22. The number of halogens is 2. The third-order valence-corrected chi connectivity index (χ3v) is 3.52. The Morgan fingerprint density at radius 2 is 2.22 bits per heavy atom. The van der Waals surface area contributed by atoms with Crippen molar-refractivity contribution in [2.24, 2.45) is 5.73 Å². The molecule has 0 bridgehead atoms. The molecular formula is C12H16BrClN2O2. The topological polar surface area (TPSA) is 64.4 Å². The predicted octanol–water partition coefficient (Wildman–Crippen LogP) is 3.18. The van der Waals surface area contributed by atoms with E-state index < -0.39 is 5.54 Å². The first kappa shape index (κ1) is 15.3. The van der Waals surface area contributed by atoms with Gasteiger partial charge < -0.3 is 15.8 Å². The fraction of sp³-hybridized carbons (Fsp3) is 0.417. The monoisotopic (exact) mass is 334 g/mol. The molecule has 1 amide bonds. The Morgan fingerprint density at radius 3 is 2.72 bits per heavy atom. The quantitative estimate of drug-likeness (QED) is 0.888. The molecule has 1 aromatic carbocycles.